The second-order valence-electron chi connectivity index (χ2n) is 6.81. The largest absolute Gasteiger partial charge is 0.493 e. The van der Waals surface area contributed by atoms with Crippen LogP contribution < -0.4 is 14.8 Å². The first kappa shape index (κ1) is 19.7. The highest BCUT2D eigenvalue weighted by molar-refractivity contribution is 5.73. The Kier molecular flexibility index (Phi) is 5.72. The maximum absolute atomic E-state index is 11.8. The minimum absolute atomic E-state index is 0.158. The fourth-order valence-corrected chi connectivity index (χ4v) is 3.49. The van der Waals surface area contributed by atoms with Gasteiger partial charge in [0.1, 0.15) is 24.4 Å². The van der Waals surface area contributed by atoms with Gasteiger partial charge in [-0.15, -0.1) is 0 Å². The van der Waals surface area contributed by atoms with Crippen molar-refractivity contribution in [2.24, 2.45) is 0 Å². The lowest BCUT2D eigenvalue weighted by Gasteiger charge is -2.47. The summed E-state index contributed by atoms with van der Waals surface area (Å²) in [5.41, 5.74) is 0. The highest BCUT2D eigenvalue weighted by Gasteiger charge is 2.51. The maximum Gasteiger partial charge on any atom is 0.223 e. The lowest BCUT2D eigenvalue weighted by Crippen LogP contribution is -2.67. The van der Waals surface area contributed by atoms with Gasteiger partial charge >= 0.3 is 0 Å². The van der Waals surface area contributed by atoms with Crippen LogP contribution in [-0.2, 0) is 19.0 Å². The molecule has 2 saturated heterocycles. The van der Waals surface area contributed by atoms with E-state index in [0.717, 1.165) is 0 Å². The molecule has 1 aromatic carbocycles. The van der Waals surface area contributed by atoms with Crippen LogP contribution in [0.4, 0.5) is 0 Å². The van der Waals surface area contributed by atoms with Crippen LogP contribution in [0.5, 0.6) is 11.5 Å². The van der Waals surface area contributed by atoms with Gasteiger partial charge in [-0.1, -0.05) is 12.1 Å². The van der Waals surface area contributed by atoms with Crippen LogP contribution in [0.15, 0.2) is 47.1 Å². The molecule has 0 aliphatic carbocycles. The number of aliphatic hydroxyl groups excluding tert-OH is 1. The molecule has 0 saturated carbocycles. The molecule has 2 fully saturated rings. The second kappa shape index (κ2) is 8.42. The maximum atomic E-state index is 11.8. The van der Waals surface area contributed by atoms with E-state index < -0.39 is 36.9 Å². The quantitative estimate of drug-likeness (QED) is 0.768. The van der Waals surface area contributed by atoms with Crippen LogP contribution in [0.1, 0.15) is 19.0 Å². The first-order valence-corrected chi connectivity index (χ1v) is 9.27. The van der Waals surface area contributed by atoms with Crippen molar-refractivity contribution in [2.75, 3.05) is 13.7 Å². The Morgan fingerprint density at radius 3 is 2.66 bits per heavy atom. The number of carbonyl (C=O) groups is 1. The second-order valence-corrected chi connectivity index (χ2v) is 6.81. The van der Waals surface area contributed by atoms with Gasteiger partial charge in [0.25, 0.3) is 0 Å². The Balaban J connectivity index is 1.55. The zero-order chi connectivity index (χ0) is 20.4. The van der Waals surface area contributed by atoms with E-state index in [1.165, 1.54) is 20.3 Å². The van der Waals surface area contributed by atoms with Gasteiger partial charge in [0.2, 0.25) is 18.5 Å². The van der Waals surface area contributed by atoms with Crippen molar-refractivity contribution in [1.82, 2.24) is 5.32 Å². The first-order valence-electron chi connectivity index (χ1n) is 9.27. The molecular weight excluding hydrogens is 382 g/mol. The van der Waals surface area contributed by atoms with Gasteiger partial charge in [-0.25, -0.2) is 0 Å². The van der Waals surface area contributed by atoms with Crippen molar-refractivity contribution >= 4 is 5.91 Å². The molecule has 2 N–H and O–H groups in total. The van der Waals surface area contributed by atoms with Crippen molar-refractivity contribution < 1.29 is 38.0 Å². The number of benzene rings is 1. The summed E-state index contributed by atoms with van der Waals surface area (Å²) in [6, 6.07) is 9.63. The molecule has 156 valence electrons. The van der Waals surface area contributed by atoms with Gasteiger partial charge < -0.3 is 38.5 Å². The van der Waals surface area contributed by atoms with Gasteiger partial charge in [0.15, 0.2) is 17.3 Å². The number of rotatable bonds is 5. The minimum Gasteiger partial charge on any atom is -0.493 e. The number of aliphatic hydroxyl groups is 1. The topological polar surface area (TPSA) is 109 Å². The van der Waals surface area contributed by atoms with Gasteiger partial charge in [-0.2, -0.15) is 0 Å². The van der Waals surface area contributed by atoms with E-state index in [9.17, 15) is 9.90 Å². The fraction of sp³-hybridized carbons (Fsp3) is 0.450. The number of amides is 1. The van der Waals surface area contributed by atoms with E-state index in [-0.39, 0.29) is 12.5 Å². The third-order valence-electron chi connectivity index (χ3n) is 4.82. The van der Waals surface area contributed by atoms with E-state index in [4.69, 9.17) is 28.1 Å². The van der Waals surface area contributed by atoms with Gasteiger partial charge in [0.05, 0.1) is 20.0 Å². The summed E-state index contributed by atoms with van der Waals surface area (Å²) >= 11 is 0. The SMILES string of the molecule is COc1ccccc1O[C@H]1O[C@@H]2CO[C@H](c3ccco3)O[C@@H]2[C@H](O)[C@H]1NC(C)=O. The van der Waals surface area contributed by atoms with Gasteiger partial charge in [-0.3, -0.25) is 4.79 Å². The normalized spacial score (nSPS) is 31.6. The van der Waals surface area contributed by atoms with Crippen LogP contribution in [0.2, 0.25) is 0 Å². The summed E-state index contributed by atoms with van der Waals surface area (Å²) < 4.78 is 34.2. The number of carbonyl (C=O) groups excluding carboxylic acids is 1. The van der Waals surface area contributed by atoms with E-state index in [1.807, 2.05) is 0 Å². The summed E-state index contributed by atoms with van der Waals surface area (Å²) in [6.07, 6.45) is -2.67. The molecule has 9 nitrogen and oxygen atoms in total. The van der Waals surface area contributed by atoms with Crippen LogP contribution in [-0.4, -0.2) is 55.4 Å². The van der Waals surface area contributed by atoms with Gasteiger partial charge in [-0.05, 0) is 24.3 Å². The molecule has 6 atom stereocenters. The molecule has 4 rings (SSSR count). The van der Waals surface area contributed by atoms with Gasteiger partial charge in [0, 0.05) is 6.92 Å². The predicted molar refractivity (Wildman–Crippen MR) is 98.2 cm³/mol. The summed E-state index contributed by atoms with van der Waals surface area (Å²) in [7, 11) is 1.53. The third kappa shape index (κ3) is 4.08. The Hall–Kier alpha value is -2.59. The molecule has 1 amide bonds. The van der Waals surface area contributed by atoms with Crippen LogP contribution in [0, 0.1) is 0 Å². The summed E-state index contributed by atoms with van der Waals surface area (Å²) in [5.74, 6) is 1.08. The Morgan fingerprint density at radius 2 is 1.97 bits per heavy atom. The predicted octanol–water partition coefficient (Wildman–Crippen LogP) is 1.37. The Morgan fingerprint density at radius 1 is 1.17 bits per heavy atom. The lowest BCUT2D eigenvalue weighted by molar-refractivity contribution is -0.336. The molecule has 2 aromatic rings. The van der Waals surface area contributed by atoms with Crippen molar-refractivity contribution in [1.29, 1.82) is 0 Å². The molecule has 9 heteroatoms. The number of methoxy groups -OCH3 is 1. The molecule has 29 heavy (non-hydrogen) atoms. The molecule has 2 aliphatic rings. The number of nitrogens with one attached hydrogen (secondary N) is 1. The van der Waals surface area contributed by atoms with E-state index in [1.54, 1.807) is 36.4 Å². The van der Waals surface area contributed by atoms with E-state index in [0.29, 0.717) is 17.3 Å². The number of fused-ring (bicyclic) bond motifs is 1. The molecule has 0 spiro atoms. The van der Waals surface area contributed by atoms with Crippen molar-refractivity contribution in [3.05, 3.63) is 48.4 Å². The molecule has 0 unspecified atom stereocenters. The number of hydrogen-bond acceptors (Lipinski definition) is 8. The van der Waals surface area contributed by atoms with E-state index >= 15 is 0 Å². The zero-order valence-corrected chi connectivity index (χ0v) is 16.0. The highest BCUT2D eigenvalue weighted by atomic mass is 16.8. The number of para-hydroxylation sites is 2. The average Bonchev–Trinajstić information content (AvgIpc) is 3.26. The summed E-state index contributed by atoms with van der Waals surface area (Å²) in [6.45, 7) is 1.52. The van der Waals surface area contributed by atoms with Crippen LogP contribution in [0.25, 0.3) is 0 Å². The molecule has 1 aromatic heterocycles. The van der Waals surface area contributed by atoms with Crippen molar-refractivity contribution in [2.45, 2.75) is 43.9 Å². The van der Waals surface area contributed by atoms with Crippen molar-refractivity contribution in [3.63, 3.8) is 0 Å². The number of ether oxygens (including phenoxy) is 5. The molecule has 3 heterocycles. The Bertz CT molecular complexity index is 826. The summed E-state index contributed by atoms with van der Waals surface area (Å²) in [4.78, 5) is 11.8. The highest BCUT2D eigenvalue weighted by Crippen LogP contribution is 2.36. The molecule has 0 radical (unpaired) electrons. The van der Waals surface area contributed by atoms with Crippen molar-refractivity contribution in [3.8, 4) is 11.5 Å². The average molecular weight is 405 g/mol. The summed E-state index contributed by atoms with van der Waals surface area (Å²) in [5, 5.41) is 13.7. The lowest BCUT2D eigenvalue weighted by atomic mass is 9.96. The number of furan rings is 1. The van der Waals surface area contributed by atoms with Crippen LogP contribution >= 0.6 is 0 Å². The van der Waals surface area contributed by atoms with E-state index in [2.05, 4.69) is 5.32 Å². The standard InChI is InChI=1S/C20H23NO8/c1-11(22)21-16-17(23)18-15(10-26-19(29-18)14-8-5-9-25-14)28-20(16)27-13-7-4-3-6-12(13)24-2/h3-9,15-20,23H,10H2,1-2H3,(H,21,22)/t15-,16-,17-,18+,19+,20+/m1/s1. The zero-order valence-electron chi connectivity index (χ0n) is 16.0. The smallest absolute Gasteiger partial charge is 0.223 e. The number of hydrogen-bond donors (Lipinski definition) is 2. The minimum atomic E-state index is -1.10. The Labute approximate surface area is 167 Å². The van der Waals surface area contributed by atoms with Crippen LogP contribution in [0.3, 0.4) is 0 Å². The fourth-order valence-electron chi connectivity index (χ4n) is 3.49. The molecule has 2 aliphatic heterocycles. The molecule has 0 bridgehead atoms. The third-order valence-corrected chi connectivity index (χ3v) is 4.82. The molecular formula is C20H23NO8. The first-order chi connectivity index (χ1) is 14.1. The monoisotopic (exact) mass is 405 g/mol.